The van der Waals surface area contributed by atoms with Gasteiger partial charge in [0.25, 0.3) is 0 Å². The van der Waals surface area contributed by atoms with Gasteiger partial charge in [-0.2, -0.15) is 0 Å². The minimum absolute atomic E-state index is 0.0291. The van der Waals surface area contributed by atoms with Crippen LogP contribution in [0.5, 0.6) is 0 Å². The molecule has 104 valence electrons. The molecule has 19 heavy (non-hydrogen) atoms. The lowest BCUT2D eigenvalue weighted by Crippen LogP contribution is -2.23. The second-order valence-corrected chi connectivity index (χ2v) is 4.80. The van der Waals surface area contributed by atoms with E-state index in [2.05, 4.69) is 20.2 Å². The van der Waals surface area contributed by atoms with Gasteiger partial charge in [0.05, 0.1) is 6.20 Å². The Kier molecular flexibility index (Phi) is 4.54. The molecule has 2 amide bonds. The Bertz CT molecular complexity index is 467. The SMILES string of the molecule is CC(=O)NCCCC(=O)Nc1cnc2n1CCCC2. The van der Waals surface area contributed by atoms with Gasteiger partial charge in [0, 0.05) is 32.9 Å². The quantitative estimate of drug-likeness (QED) is 0.781. The second kappa shape index (κ2) is 6.36. The van der Waals surface area contributed by atoms with Gasteiger partial charge in [-0.05, 0) is 19.3 Å². The molecule has 6 heteroatoms. The molecule has 0 radical (unpaired) electrons. The number of aryl methyl sites for hydroxylation is 1. The third kappa shape index (κ3) is 3.81. The van der Waals surface area contributed by atoms with E-state index in [9.17, 15) is 9.59 Å². The molecule has 6 nitrogen and oxygen atoms in total. The standard InChI is InChI=1S/C13H20N4O2/c1-10(18)14-7-4-6-13(19)16-12-9-15-11-5-2-3-8-17(11)12/h9H,2-8H2,1H3,(H,14,18)(H,16,19). The number of nitrogens with one attached hydrogen (secondary N) is 2. The van der Waals surface area contributed by atoms with Crippen LogP contribution in [0.15, 0.2) is 6.20 Å². The van der Waals surface area contributed by atoms with Crippen LogP contribution in [0.2, 0.25) is 0 Å². The summed E-state index contributed by atoms with van der Waals surface area (Å²) in [5.41, 5.74) is 0. The Morgan fingerprint density at radius 1 is 1.42 bits per heavy atom. The van der Waals surface area contributed by atoms with Gasteiger partial charge in [-0.1, -0.05) is 0 Å². The number of carbonyl (C=O) groups is 2. The van der Waals surface area contributed by atoms with Crippen LogP contribution in [0.1, 0.15) is 38.4 Å². The molecule has 0 atom stereocenters. The van der Waals surface area contributed by atoms with Crippen molar-refractivity contribution >= 4 is 17.6 Å². The average molecular weight is 264 g/mol. The molecule has 2 heterocycles. The highest BCUT2D eigenvalue weighted by Crippen LogP contribution is 2.19. The summed E-state index contributed by atoms with van der Waals surface area (Å²) in [6.45, 7) is 2.93. The summed E-state index contributed by atoms with van der Waals surface area (Å²) in [7, 11) is 0. The Morgan fingerprint density at radius 2 is 2.26 bits per heavy atom. The van der Waals surface area contributed by atoms with Gasteiger partial charge in [0.2, 0.25) is 11.8 Å². The molecule has 1 aromatic heterocycles. The Balaban J connectivity index is 1.79. The molecular formula is C13H20N4O2. The first-order valence-corrected chi connectivity index (χ1v) is 6.75. The molecular weight excluding hydrogens is 244 g/mol. The van der Waals surface area contributed by atoms with Gasteiger partial charge in [0.15, 0.2) is 0 Å². The molecule has 1 aromatic rings. The van der Waals surface area contributed by atoms with E-state index >= 15 is 0 Å². The van der Waals surface area contributed by atoms with E-state index in [1.165, 1.54) is 13.3 Å². The fourth-order valence-electron chi connectivity index (χ4n) is 2.23. The lowest BCUT2D eigenvalue weighted by atomic mass is 10.2. The molecule has 1 aliphatic heterocycles. The zero-order chi connectivity index (χ0) is 13.7. The zero-order valence-electron chi connectivity index (χ0n) is 11.2. The third-order valence-electron chi connectivity index (χ3n) is 3.19. The highest BCUT2D eigenvalue weighted by molar-refractivity contribution is 5.89. The van der Waals surface area contributed by atoms with E-state index in [4.69, 9.17) is 0 Å². The summed E-state index contributed by atoms with van der Waals surface area (Å²) >= 11 is 0. The molecule has 0 spiro atoms. The van der Waals surface area contributed by atoms with E-state index in [1.807, 2.05) is 0 Å². The van der Waals surface area contributed by atoms with Crippen molar-refractivity contribution in [3.05, 3.63) is 12.0 Å². The van der Waals surface area contributed by atoms with Gasteiger partial charge in [-0.3, -0.25) is 9.59 Å². The molecule has 0 aliphatic carbocycles. The lowest BCUT2D eigenvalue weighted by molar-refractivity contribution is -0.119. The van der Waals surface area contributed by atoms with Crippen molar-refractivity contribution in [1.82, 2.24) is 14.9 Å². The molecule has 0 fully saturated rings. The van der Waals surface area contributed by atoms with E-state index < -0.39 is 0 Å². The number of nitrogens with zero attached hydrogens (tertiary/aromatic N) is 2. The number of anilines is 1. The average Bonchev–Trinajstić information content (AvgIpc) is 2.78. The fraction of sp³-hybridized carbons (Fsp3) is 0.615. The number of imidazole rings is 1. The Hall–Kier alpha value is -1.85. The van der Waals surface area contributed by atoms with Crippen molar-refractivity contribution in [2.75, 3.05) is 11.9 Å². The van der Waals surface area contributed by atoms with Gasteiger partial charge in [-0.25, -0.2) is 4.98 Å². The summed E-state index contributed by atoms with van der Waals surface area (Å²) in [4.78, 5) is 26.8. The van der Waals surface area contributed by atoms with Gasteiger partial charge in [0.1, 0.15) is 11.6 Å². The van der Waals surface area contributed by atoms with Crippen LogP contribution >= 0.6 is 0 Å². The predicted octanol–water partition coefficient (Wildman–Crippen LogP) is 1.07. The summed E-state index contributed by atoms with van der Waals surface area (Å²) in [5, 5.41) is 5.56. The third-order valence-corrected chi connectivity index (χ3v) is 3.19. The normalized spacial score (nSPS) is 13.7. The maximum absolute atomic E-state index is 11.8. The first-order valence-electron chi connectivity index (χ1n) is 6.75. The summed E-state index contributed by atoms with van der Waals surface area (Å²) < 4.78 is 2.08. The fourth-order valence-corrected chi connectivity index (χ4v) is 2.23. The molecule has 2 rings (SSSR count). The lowest BCUT2D eigenvalue weighted by Gasteiger charge is -2.16. The van der Waals surface area contributed by atoms with Gasteiger partial charge in [-0.15, -0.1) is 0 Å². The maximum atomic E-state index is 11.8. The van der Waals surface area contributed by atoms with Crippen molar-refractivity contribution < 1.29 is 9.59 Å². The van der Waals surface area contributed by atoms with E-state index in [0.717, 1.165) is 31.0 Å². The van der Waals surface area contributed by atoms with Crippen LogP contribution in [-0.4, -0.2) is 27.9 Å². The molecule has 2 N–H and O–H groups in total. The molecule has 0 aromatic carbocycles. The first-order chi connectivity index (χ1) is 9.16. The topological polar surface area (TPSA) is 76.0 Å². The van der Waals surface area contributed by atoms with Crippen LogP contribution in [0.25, 0.3) is 0 Å². The maximum Gasteiger partial charge on any atom is 0.225 e. The smallest absolute Gasteiger partial charge is 0.225 e. The van der Waals surface area contributed by atoms with E-state index in [1.54, 1.807) is 6.20 Å². The first kappa shape index (κ1) is 13.6. The van der Waals surface area contributed by atoms with Crippen molar-refractivity contribution in [1.29, 1.82) is 0 Å². The number of rotatable bonds is 5. The van der Waals surface area contributed by atoms with Crippen LogP contribution in [-0.2, 0) is 22.6 Å². The molecule has 1 aliphatic rings. The molecule has 0 bridgehead atoms. The predicted molar refractivity (Wildman–Crippen MR) is 71.7 cm³/mol. The number of fused-ring (bicyclic) bond motifs is 1. The van der Waals surface area contributed by atoms with Crippen molar-refractivity contribution in [2.45, 2.75) is 45.6 Å². The Labute approximate surface area is 112 Å². The Morgan fingerprint density at radius 3 is 3.05 bits per heavy atom. The summed E-state index contributed by atoms with van der Waals surface area (Å²) in [6, 6.07) is 0. The van der Waals surface area contributed by atoms with E-state index in [0.29, 0.717) is 19.4 Å². The molecule has 0 saturated carbocycles. The van der Waals surface area contributed by atoms with Crippen LogP contribution in [0.4, 0.5) is 5.82 Å². The van der Waals surface area contributed by atoms with Gasteiger partial charge < -0.3 is 15.2 Å². The molecule has 0 saturated heterocycles. The largest absolute Gasteiger partial charge is 0.356 e. The van der Waals surface area contributed by atoms with Crippen molar-refractivity contribution in [3.63, 3.8) is 0 Å². The van der Waals surface area contributed by atoms with Crippen LogP contribution < -0.4 is 10.6 Å². The monoisotopic (exact) mass is 264 g/mol. The highest BCUT2D eigenvalue weighted by Gasteiger charge is 2.15. The van der Waals surface area contributed by atoms with Gasteiger partial charge >= 0.3 is 0 Å². The number of amides is 2. The molecule has 0 unspecified atom stereocenters. The summed E-state index contributed by atoms with van der Waals surface area (Å²) in [5.74, 6) is 1.75. The zero-order valence-corrected chi connectivity index (χ0v) is 11.2. The number of hydrogen-bond donors (Lipinski definition) is 2. The van der Waals surface area contributed by atoms with Crippen LogP contribution in [0.3, 0.4) is 0 Å². The minimum atomic E-state index is -0.0646. The summed E-state index contributed by atoms with van der Waals surface area (Å²) in [6.07, 6.45) is 6.06. The number of carbonyl (C=O) groups excluding carboxylic acids is 2. The van der Waals surface area contributed by atoms with Crippen LogP contribution in [0, 0.1) is 0 Å². The highest BCUT2D eigenvalue weighted by atomic mass is 16.2. The van der Waals surface area contributed by atoms with E-state index in [-0.39, 0.29) is 11.8 Å². The second-order valence-electron chi connectivity index (χ2n) is 4.80. The van der Waals surface area contributed by atoms with Crippen molar-refractivity contribution in [3.8, 4) is 0 Å². The minimum Gasteiger partial charge on any atom is -0.356 e. The number of hydrogen-bond acceptors (Lipinski definition) is 3. The van der Waals surface area contributed by atoms with Crippen molar-refractivity contribution in [2.24, 2.45) is 0 Å². The number of aromatic nitrogens is 2.